The van der Waals surface area contributed by atoms with Gasteiger partial charge in [-0.1, -0.05) is 23.7 Å². The number of hydrogen-bond acceptors (Lipinski definition) is 5. The topological polar surface area (TPSA) is 80.9 Å². The summed E-state index contributed by atoms with van der Waals surface area (Å²) in [5, 5.41) is 21.2. The van der Waals surface area contributed by atoms with E-state index in [0.717, 1.165) is 0 Å². The summed E-state index contributed by atoms with van der Waals surface area (Å²) >= 11 is 7.52. The predicted octanol–water partition coefficient (Wildman–Crippen LogP) is 2.37. The quantitative estimate of drug-likeness (QED) is 0.882. The smallest absolute Gasteiger partial charge is 0.328 e. The summed E-state index contributed by atoms with van der Waals surface area (Å²) in [6, 6.07) is 6.22. The van der Waals surface area contributed by atoms with Crippen molar-refractivity contribution in [3.8, 4) is 11.4 Å². The lowest BCUT2D eigenvalue weighted by Crippen LogP contribution is -2.22. The van der Waals surface area contributed by atoms with E-state index in [1.54, 1.807) is 36.0 Å². The molecule has 8 heteroatoms. The molecule has 1 unspecified atom stereocenters. The van der Waals surface area contributed by atoms with Gasteiger partial charge in [0.1, 0.15) is 0 Å². The minimum absolute atomic E-state index is 0.404. The number of hydrogen-bond donors (Lipinski definition) is 1. The summed E-state index contributed by atoms with van der Waals surface area (Å²) in [7, 11) is 0. The van der Waals surface area contributed by atoms with Crippen molar-refractivity contribution in [2.75, 3.05) is 12.0 Å². The Morgan fingerprint density at radius 1 is 1.55 bits per heavy atom. The molecule has 0 spiro atoms. The lowest BCUT2D eigenvalue weighted by molar-refractivity contribution is -0.141. The number of aliphatic carboxylic acids is 1. The Hall–Kier alpha value is -1.60. The standard InChI is InChI=1S/C12H13ClN4O2S/c1-20-6-5-10(12(18)19)17-11(14-15-16-17)8-3-2-4-9(13)7-8/h2-4,7,10H,5-6H2,1H3,(H,18,19). The van der Waals surface area contributed by atoms with Crippen molar-refractivity contribution in [3.63, 3.8) is 0 Å². The molecule has 0 aliphatic rings. The van der Waals surface area contributed by atoms with Crippen LogP contribution in [0.25, 0.3) is 11.4 Å². The van der Waals surface area contributed by atoms with Crippen LogP contribution in [0.3, 0.4) is 0 Å². The molecule has 2 aromatic rings. The van der Waals surface area contributed by atoms with Crippen LogP contribution in [-0.2, 0) is 4.79 Å². The second kappa shape index (κ2) is 6.71. The second-order valence-corrected chi connectivity index (χ2v) is 5.51. The lowest BCUT2D eigenvalue weighted by atomic mass is 10.2. The molecule has 0 saturated heterocycles. The van der Waals surface area contributed by atoms with E-state index in [9.17, 15) is 9.90 Å². The Morgan fingerprint density at radius 2 is 2.35 bits per heavy atom. The summed E-state index contributed by atoms with van der Waals surface area (Å²) in [6.45, 7) is 0. The number of tetrazole rings is 1. The van der Waals surface area contributed by atoms with Gasteiger partial charge in [-0.3, -0.25) is 0 Å². The first-order valence-corrected chi connectivity index (χ1v) is 7.66. The zero-order chi connectivity index (χ0) is 14.5. The first kappa shape index (κ1) is 14.8. The molecule has 0 bridgehead atoms. The molecular formula is C12H13ClN4O2S. The molecule has 6 nitrogen and oxygen atoms in total. The van der Waals surface area contributed by atoms with Crippen LogP contribution in [0.15, 0.2) is 24.3 Å². The predicted molar refractivity (Wildman–Crippen MR) is 77.9 cm³/mol. The van der Waals surface area contributed by atoms with Crippen LogP contribution in [-0.4, -0.2) is 43.3 Å². The van der Waals surface area contributed by atoms with Crippen molar-refractivity contribution >= 4 is 29.3 Å². The van der Waals surface area contributed by atoms with E-state index in [1.807, 2.05) is 6.26 Å². The number of carboxylic acids is 1. The van der Waals surface area contributed by atoms with Gasteiger partial charge in [-0.2, -0.15) is 11.8 Å². The number of aromatic nitrogens is 4. The molecule has 1 atom stereocenters. The zero-order valence-electron chi connectivity index (χ0n) is 10.7. The lowest BCUT2D eigenvalue weighted by Gasteiger charge is -2.13. The van der Waals surface area contributed by atoms with Crippen molar-refractivity contribution in [3.05, 3.63) is 29.3 Å². The zero-order valence-corrected chi connectivity index (χ0v) is 12.3. The van der Waals surface area contributed by atoms with Crippen molar-refractivity contribution in [1.29, 1.82) is 0 Å². The van der Waals surface area contributed by atoms with Gasteiger partial charge in [-0.25, -0.2) is 9.48 Å². The highest BCUT2D eigenvalue weighted by Gasteiger charge is 2.24. The number of carboxylic acid groups (broad SMARTS) is 1. The third kappa shape index (κ3) is 3.29. The molecule has 0 radical (unpaired) electrons. The maximum absolute atomic E-state index is 11.4. The fraction of sp³-hybridized carbons (Fsp3) is 0.333. The van der Waals surface area contributed by atoms with E-state index in [2.05, 4.69) is 15.5 Å². The van der Waals surface area contributed by atoms with Gasteiger partial charge < -0.3 is 5.11 Å². The highest BCUT2D eigenvalue weighted by atomic mass is 35.5. The number of halogens is 1. The van der Waals surface area contributed by atoms with Crippen molar-refractivity contribution in [2.45, 2.75) is 12.5 Å². The van der Waals surface area contributed by atoms with Gasteiger partial charge in [0, 0.05) is 10.6 Å². The normalized spacial score (nSPS) is 12.3. The van der Waals surface area contributed by atoms with Crippen molar-refractivity contribution < 1.29 is 9.90 Å². The Labute approximate surface area is 125 Å². The highest BCUT2D eigenvalue weighted by Crippen LogP contribution is 2.24. The molecule has 0 amide bonds. The first-order valence-electron chi connectivity index (χ1n) is 5.89. The Morgan fingerprint density at radius 3 is 3.00 bits per heavy atom. The number of thioether (sulfide) groups is 1. The average Bonchev–Trinajstić information content (AvgIpc) is 2.88. The summed E-state index contributed by atoms with van der Waals surface area (Å²) in [5.74, 6) is 0.168. The molecule has 20 heavy (non-hydrogen) atoms. The van der Waals surface area contributed by atoms with E-state index in [-0.39, 0.29) is 0 Å². The third-order valence-corrected chi connectivity index (χ3v) is 3.63. The van der Waals surface area contributed by atoms with Crippen LogP contribution in [0.1, 0.15) is 12.5 Å². The van der Waals surface area contributed by atoms with E-state index in [0.29, 0.717) is 28.6 Å². The number of nitrogens with zero attached hydrogens (tertiary/aromatic N) is 4. The third-order valence-electron chi connectivity index (χ3n) is 2.75. The first-order chi connectivity index (χ1) is 9.63. The fourth-order valence-corrected chi connectivity index (χ4v) is 2.45. The Balaban J connectivity index is 2.38. The number of carbonyl (C=O) groups is 1. The highest BCUT2D eigenvalue weighted by molar-refractivity contribution is 7.98. The number of rotatable bonds is 6. The largest absolute Gasteiger partial charge is 0.480 e. The van der Waals surface area contributed by atoms with E-state index in [1.165, 1.54) is 4.68 Å². The van der Waals surface area contributed by atoms with E-state index < -0.39 is 12.0 Å². The fourth-order valence-electron chi connectivity index (χ4n) is 1.80. The van der Waals surface area contributed by atoms with Crippen LogP contribution in [0, 0.1) is 0 Å². The minimum Gasteiger partial charge on any atom is -0.480 e. The van der Waals surface area contributed by atoms with Gasteiger partial charge in [0.25, 0.3) is 0 Å². The maximum atomic E-state index is 11.4. The molecule has 2 rings (SSSR count). The van der Waals surface area contributed by atoms with Crippen LogP contribution in [0.5, 0.6) is 0 Å². The van der Waals surface area contributed by atoms with Crippen molar-refractivity contribution in [2.24, 2.45) is 0 Å². The SMILES string of the molecule is CSCCC(C(=O)O)n1nnnc1-c1cccc(Cl)c1. The molecule has 1 aromatic carbocycles. The van der Waals surface area contributed by atoms with Gasteiger partial charge in [-0.05, 0) is 41.0 Å². The van der Waals surface area contributed by atoms with Gasteiger partial charge in [0.05, 0.1) is 0 Å². The van der Waals surface area contributed by atoms with Crippen LogP contribution in [0.4, 0.5) is 0 Å². The second-order valence-electron chi connectivity index (χ2n) is 4.09. The van der Waals surface area contributed by atoms with E-state index >= 15 is 0 Å². The molecule has 1 aromatic heterocycles. The molecule has 106 valence electrons. The van der Waals surface area contributed by atoms with Gasteiger partial charge in [0.2, 0.25) is 0 Å². The molecule has 0 fully saturated rings. The van der Waals surface area contributed by atoms with E-state index in [4.69, 9.17) is 11.6 Å². The van der Waals surface area contributed by atoms with Crippen LogP contribution in [0.2, 0.25) is 5.02 Å². The Kier molecular flexibility index (Phi) is 4.97. The summed E-state index contributed by atoms with van der Waals surface area (Å²) < 4.78 is 1.34. The van der Waals surface area contributed by atoms with Gasteiger partial charge in [-0.15, -0.1) is 5.10 Å². The summed E-state index contributed by atoms with van der Waals surface area (Å²) in [5.41, 5.74) is 0.693. The average molecular weight is 313 g/mol. The van der Waals surface area contributed by atoms with Gasteiger partial charge >= 0.3 is 5.97 Å². The van der Waals surface area contributed by atoms with Gasteiger partial charge in [0.15, 0.2) is 11.9 Å². The van der Waals surface area contributed by atoms with Crippen LogP contribution < -0.4 is 0 Å². The monoisotopic (exact) mass is 312 g/mol. The summed E-state index contributed by atoms with van der Waals surface area (Å²) in [6.07, 6.45) is 2.38. The molecule has 1 N–H and O–H groups in total. The van der Waals surface area contributed by atoms with Crippen LogP contribution >= 0.6 is 23.4 Å². The molecule has 0 saturated carbocycles. The molecule has 0 aliphatic heterocycles. The minimum atomic E-state index is -0.949. The molecule has 0 aliphatic carbocycles. The maximum Gasteiger partial charge on any atom is 0.328 e. The Bertz CT molecular complexity index is 605. The molecular weight excluding hydrogens is 300 g/mol. The number of benzene rings is 1. The summed E-state index contributed by atoms with van der Waals surface area (Å²) in [4.78, 5) is 11.4. The van der Waals surface area contributed by atoms with Crippen molar-refractivity contribution in [1.82, 2.24) is 20.2 Å². The molecule has 1 heterocycles.